The zero-order valence-corrected chi connectivity index (χ0v) is 16.2. The van der Waals surface area contributed by atoms with Crippen LogP contribution in [-0.4, -0.2) is 13.6 Å². The number of benzene rings is 1. The van der Waals surface area contributed by atoms with Crippen molar-refractivity contribution in [1.29, 1.82) is 0 Å². The molecule has 0 saturated carbocycles. The molecule has 0 aliphatic carbocycles. The molecule has 0 aliphatic heterocycles. The predicted molar refractivity (Wildman–Crippen MR) is 95.2 cm³/mol. The number of alkyl halides is 1. The highest BCUT2D eigenvalue weighted by Gasteiger charge is 2.36. The summed E-state index contributed by atoms with van der Waals surface area (Å²) in [5.41, 5.74) is 2.72. The molecule has 0 saturated heterocycles. The van der Waals surface area contributed by atoms with E-state index in [0.29, 0.717) is 0 Å². The van der Waals surface area contributed by atoms with Crippen LogP contribution < -0.4 is 0 Å². The highest BCUT2D eigenvalue weighted by Crippen LogP contribution is 2.37. The van der Waals surface area contributed by atoms with Crippen molar-refractivity contribution in [2.45, 2.75) is 64.8 Å². The molecule has 1 nitrogen and oxygen atoms in total. The Morgan fingerprint density at radius 1 is 1.00 bits per heavy atom. The van der Waals surface area contributed by atoms with Gasteiger partial charge in [0, 0.05) is 5.33 Å². The van der Waals surface area contributed by atoms with Crippen molar-refractivity contribution in [2.75, 3.05) is 5.33 Å². The van der Waals surface area contributed by atoms with Crippen LogP contribution in [0.25, 0.3) is 0 Å². The molecule has 3 heteroatoms. The maximum absolute atomic E-state index is 6.25. The summed E-state index contributed by atoms with van der Waals surface area (Å²) in [5, 5.41) is 1.38. The second kappa shape index (κ2) is 7.76. The molecule has 0 heterocycles. The molecule has 1 rings (SSSR count). The minimum Gasteiger partial charge on any atom is -0.413 e. The first-order valence-corrected chi connectivity index (χ1v) is 11.6. The van der Waals surface area contributed by atoms with E-state index in [2.05, 4.69) is 74.1 Å². The molecule has 20 heavy (non-hydrogen) atoms. The van der Waals surface area contributed by atoms with Crippen molar-refractivity contribution in [3.63, 3.8) is 0 Å². The van der Waals surface area contributed by atoms with E-state index >= 15 is 0 Å². The summed E-state index contributed by atoms with van der Waals surface area (Å²) in [5.74, 6) is 0. The van der Waals surface area contributed by atoms with Crippen molar-refractivity contribution < 1.29 is 4.43 Å². The normalized spacial score (nSPS) is 12.7. The number of hydrogen-bond donors (Lipinski definition) is 0. The molecule has 114 valence electrons. The second-order valence-corrected chi connectivity index (χ2v) is 12.6. The van der Waals surface area contributed by atoms with Gasteiger partial charge in [-0.1, -0.05) is 61.0 Å². The van der Waals surface area contributed by atoms with E-state index in [9.17, 15) is 0 Å². The quantitative estimate of drug-likeness (QED) is 0.334. The molecule has 0 aliphatic rings. The minimum absolute atomic E-state index is 0.280. The highest BCUT2D eigenvalue weighted by atomic mass is 79.9. The monoisotopic (exact) mass is 356 g/mol. The van der Waals surface area contributed by atoms with Gasteiger partial charge in [0.15, 0.2) is 8.32 Å². The Morgan fingerprint density at radius 3 is 2.05 bits per heavy atom. The Balaban J connectivity index is 2.50. The summed E-state index contributed by atoms with van der Waals surface area (Å²) in [6.07, 6.45) is 3.68. The molecule has 1 aromatic rings. The number of hydrogen-bond acceptors (Lipinski definition) is 1. The van der Waals surface area contributed by atoms with Crippen LogP contribution in [0.5, 0.6) is 0 Å². The third-order valence-corrected chi connectivity index (χ3v) is 9.32. The number of halogens is 1. The summed E-state index contributed by atoms with van der Waals surface area (Å²) in [6, 6.07) is 8.93. The summed E-state index contributed by atoms with van der Waals surface area (Å²) in [7, 11) is -1.63. The fourth-order valence-corrected chi connectivity index (χ4v) is 3.06. The van der Waals surface area contributed by atoms with E-state index < -0.39 is 8.32 Å². The third kappa shape index (κ3) is 5.70. The van der Waals surface area contributed by atoms with Gasteiger partial charge in [0.1, 0.15) is 0 Å². The van der Waals surface area contributed by atoms with E-state index in [1.165, 1.54) is 30.4 Å². The molecule has 0 aromatic heterocycles. The van der Waals surface area contributed by atoms with Gasteiger partial charge in [0.2, 0.25) is 0 Å². The predicted octanol–water partition coefficient (Wildman–Crippen LogP) is 5.93. The number of rotatable bonds is 7. The zero-order chi connectivity index (χ0) is 15.2. The van der Waals surface area contributed by atoms with Crippen LogP contribution in [0.1, 0.15) is 44.7 Å². The van der Waals surface area contributed by atoms with Crippen LogP contribution in [0.4, 0.5) is 0 Å². The first kappa shape index (κ1) is 17.9. The molecule has 0 radical (unpaired) electrons. The molecule has 0 unspecified atom stereocenters. The molecule has 0 fully saturated rings. The third-order valence-electron chi connectivity index (χ3n) is 4.28. The largest absolute Gasteiger partial charge is 0.413 e. The molecular formula is C17H29BrOSi. The maximum Gasteiger partial charge on any atom is 0.192 e. The standard InChI is InChI=1S/C17H29BrOSi/c1-17(2,3)20(4,5)19-14-16-11-9-15(10-12-16)8-6-7-13-18/h9-12H,6-8,13-14H2,1-5H3. The van der Waals surface area contributed by atoms with Crippen molar-refractivity contribution in [2.24, 2.45) is 0 Å². The van der Waals surface area contributed by atoms with Gasteiger partial charge in [-0.25, -0.2) is 0 Å². The average Bonchev–Trinajstić information content (AvgIpc) is 2.37. The van der Waals surface area contributed by atoms with Crippen LogP contribution in [0.15, 0.2) is 24.3 Å². The van der Waals surface area contributed by atoms with Crippen LogP contribution in [0.3, 0.4) is 0 Å². The smallest absolute Gasteiger partial charge is 0.192 e. The van der Waals surface area contributed by atoms with E-state index in [0.717, 1.165) is 11.9 Å². The number of aryl methyl sites for hydroxylation is 1. The molecule has 0 bridgehead atoms. The van der Waals surface area contributed by atoms with Crippen LogP contribution in [0, 0.1) is 0 Å². The summed E-state index contributed by atoms with van der Waals surface area (Å²) < 4.78 is 6.25. The SMILES string of the molecule is CC(C)(C)[Si](C)(C)OCc1ccc(CCCCBr)cc1. The topological polar surface area (TPSA) is 9.23 Å². The zero-order valence-electron chi connectivity index (χ0n) is 13.6. The van der Waals surface area contributed by atoms with E-state index in [4.69, 9.17) is 4.43 Å². The van der Waals surface area contributed by atoms with Crippen LogP contribution >= 0.6 is 15.9 Å². The van der Waals surface area contributed by atoms with Gasteiger partial charge >= 0.3 is 0 Å². The Kier molecular flexibility index (Phi) is 6.96. The van der Waals surface area contributed by atoms with Gasteiger partial charge in [0.05, 0.1) is 6.61 Å². The van der Waals surface area contributed by atoms with Gasteiger partial charge in [-0.2, -0.15) is 0 Å². The van der Waals surface area contributed by atoms with Crippen molar-refractivity contribution in [1.82, 2.24) is 0 Å². The maximum atomic E-state index is 6.25. The lowest BCUT2D eigenvalue weighted by atomic mass is 10.1. The van der Waals surface area contributed by atoms with Gasteiger partial charge in [-0.15, -0.1) is 0 Å². The molecule has 1 aromatic carbocycles. The molecule has 0 N–H and O–H groups in total. The molecule has 0 atom stereocenters. The van der Waals surface area contributed by atoms with Crippen LogP contribution in [0.2, 0.25) is 18.1 Å². The van der Waals surface area contributed by atoms with Crippen LogP contribution in [-0.2, 0) is 17.5 Å². The Labute approximate surface area is 134 Å². The van der Waals surface area contributed by atoms with E-state index in [-0.39, 0.29) is 5.04 Å². The molecule has 0 spiro atoms. The van der Waals surface area contributed by atoms with Gasteiger partial charge < -0.3 is 4.43 Å². The Morgan fingerprint density at radius 2 is 1.55 bits per heavy atom. The Bertz CT molecular complexity index is 392. The summed E-state index contributed by atoms with van der Waals surface area (Å²) >= 11 is 3.48. The van der Waals surface area contributed by atoms with E-state index in [1.54, 1.807) is 0 Å². The fraction of sp³-hybridized carbons (Fsp3) is 0.647. The summed E-state index contributed by atoms with van der Waals surface area (Å²) in [4.78, 5) is 0. The van der Waals surface area contributed by atoms with Crippen molar-refractivity contribution in [3.8, 4) is 0 Å². The lowest BCUT2D eigenvalue weighted by Gasteiger charge is -2.36. The van der Waals surface area contributed by atoms with Crippen molar-refractivity contribution in [3.05, 3.63) is 35.4 Å². The molecule has 0 amide bonds. The van der Waals surface area contributed by atoms with Gasteiger partial charge in [-0.05, 0) is 48.5 Å². The minimum atomic E-state index is -1.63. The summed E-state index contributed by atoms with van der Waals surface area (Å²) in [6.45, 7) is 12.2. The lowest BCUT2D eigenvalue weighted by molar-refractivity contribution is 0.276. The average molecular weight is 357 g/mol. The highest BCUT2D eigenvalue weighted by molar-refractivity contribution is 9.09. The van der Waals surface area contributed by atoms with Gasteiger partial charge in [0.25, 0.3) is 0 Å². The van der Waals surface area contributed by atoms with Crippen molar-refractivity contribution >= 4 is 24.2 Å². The first-order valence-electron chi connectivity index (χ1n) is 7.54. The molecular weight excluding hydrogens is 328 g/mol. The Hall–Kier alpha value is -0.123. The van der Waals surface area contributed by atoms with E-state index in [1.807, 2.05) is 0 Å². The lowest BCUT2D eigenvalue weighted by Crippen LogP contribution is -2.40. The first-order chi connectivity index (χ1) is 9.26. The number of unbranched alkanes of at least 4 members (excludes halogenated alkanes) is 1. The fourth-order valence-electron chi connectivity index (χ4n) is 1.71. The second-order valence-electron chi connectivity index (χ2n) is 7.01. The van der Waals surface area contributed by atoms with Gasteiger partial charge in [-0.3, -0.25) is 0 Å².